The second-order valence-electron chi connectivity index (χ2n) is 5.93. The van der Waals surface area contributed by atoms with Gasteiger partial charge in [0.15, 0.2) is 5.65 Å². The van der Waals surface area contributed by atoms with Crippen molar-refractivity contribution in [2.45, 2.75) is 6.54 Å². The van der Waals surface area contributed by atoms with Crippen molar-refractivity contribution in [3.05, 3.63) is 60.8 Å². The van der Waals surface area contributed by atoms with Gasteiger partial charge in [-0.1, -0.05) is 12.1 Å². The van der Waals surface area contributed by atoms with Gasteiger partial charge in [-0.15, -0.1) is 0 Å². The highest BCUT2D eigenvalue weighted by Crippen LogP contribution is 2.25. The number of anilines is 1. The molecule has 0 aliphatic carbocycles. The standard InChI is InChI=1S/C19H18N6O/c1-25-11-15(10-24-25)14-7-17-18(22-12-23-19(17)21-9-14)20-8-13-4-3-5-16(6-13)26-2/h3-7,9-12H,8H2,1-2H3,(H,20,21,22,23). The summed E-state index contributed by atoms with van der Waals surface area (Å²) in [6, 6.07) is 9.96. The Bertz CT molecular complexity index is 1060. The summed E-state index contributed by atoms with van der Waals surface area (Å²) < 4.78 is 7.04. The van der Waals surface area contributed by atoms with Crippen molar-refractivity contribution in [1.29, 1.82) is 0 Å². The Morgan fingerprint density at radius 3 is 2.81 bits per heavy atom. The van der Waals surface area contributed by atoms with Gasteiger partial charge in [0.05, 0.1) is 18.7 Å². The van der Waals surface area contributed by atoms with E-state index >= 15 is 0 Å². The van der Waals surface area contributed by atoms with Crippen LogP contribution in [0, 0.1) is 0 Å². The lowest BCUT2D eigenvalue weighted by Crippen LogP contribution is -2.03. The number of aromatic nitrogens is 5. The normalized spacial score (nSPS) is 10.8. The van der Waals surface area contributed by atoms with Gasteiger partial charge in [-0.2, -0.15) is 5.10 Å². The number of fused-ring (bicyclic) bond motifs is 1. The molecule has 7 heteroatoms. The fraction of sp³-hybridized carbons (Fsp3) is 0.158. The third-order valence-electron chi connectivity index (χ3n) is 4.12. The number of hydrogen-bond donors (Lipinski definition) is 1. The second-order valence-corrected chi connectivity index (χ2v) is 5.93. The van der Waals surface area contributed by atoms with Crippen LogP contribution < -0.4 is 10.1 Å². The zero-order valence-corrected chi connectivity index (χ0v) is 14.5. The van der Waals surface area contributed by atoms with E-state index in [0.717, 1.165) is 33.6 Å². The van der Waals surface area contributed by atoms with E-state index < -0.39 is 0 Å². The van der Waals surface area contributed by atoms with Crippen LogP contribution in [0.1, 0.15) is 5.56 Å². The Hall–Kier alpha value is -3.48. The van der Waals surface area contributed by atoms with Gasteiger partial charge in [-0.05, 0) is 23.8 Å². The molecule has 4 rings (SSSR count). The molecule has 0 spiro atoms. The van der Waals surface area contributed by atoms with Crippen LogP contribution in [0.25, 0.3) is 22.2 Å². The van der Waals surface area contributed by atoms with E-state index in [1.165, 1.54) is 6.33 Å². The predicted octanol–water partition coefficient (Wildman–Crippen LogP) is 3.05. The first kappa shape index (κ1) is 16.0. The summed E-state index contributed by atoms with van der Waals surface area (Å²) in [6.45, 7) is 0.625. The fourth-order valence-electron chi connectivity index (χ4n) is 2.78. The van der Waals surface area contributed by atoms with Crippen molar-refractivity contribution in [1.82, 2.24) is 24.7 Å². The summed E-state index contributed by atoms with van der Waals surface area (Å²) in [6.07, 6.45) is 7.09. The molecule has 0 aliphatic rings. The number of hydrogen-bond acceptors (Lipinski definition) is 6. The highest BCUT2D eigenvalue weighted by molar-refractivity contribution is 5.89. The second kappa shape index (κ2) is 6.79. The molecule has 1 aromatic carbocycles. The maximum atomic E-state index is 5.27. The summed E-state index contributed by atoms with van der Waals surface area (Å²) in [4.78, 5) is 13.1. The third kappa shape index (κ3) is 3.19. The molecule has 0 fully saturated rings. The summed E-state index contributed by atoms with van der Waals surface area (Å²) in [5.41, 5.74) is 3.74. The monoisotopic (exact) mass is 346 g/mol. The molecule has 4 aromatic rings. The van der Waals surface area contributed by atoms with Crippen molar-refractivity contribution in [2.75, 3.05) is 12.4 Å². The van der Waals surface area contributed by atoms with Crippen LogP contribution in [0.5, 0.6) is 5.75 Å². The average Bonchev–Trinajstić information content (AvgIpc) is 3.12. The van der Waals surface area contributed by atoms with Crippen LogP contribution in [0.4, 0.5) is 5.82 Å². The zero-order valence-electron chi connectivity index (χ0n) is 14.5. The molecule has 0 radical (unpaired) electrons. The molecule has 7 nitrogen and oxygen atoms in total. The lowest BCUT2D eigenvalue weighted by molar-refractivity contribution is 0.414. The first-order valence-electron chi connectivity index (χ1n) is 8.19. The number of nitrogens with zero attached hydrogens (tertiary/aromatic N) is 5. The molecule has 0 amide bonds. The lowest BCUT2D eigenvalue weighted by atomic mass is 10.1. The van der Waals surface area contributed by atoms with Crippen LogP contribution in [-0.4, -0.2) is 31.8 Å². The zero-order chi connectivity index (χ0) is 17.9. The number of aryl methyl sites for hydroxylation is 1. The lowest BCUT2D eigenvalue weighted by Gasteiger charge is -2.09. The Balaban J connectivity index is 1.65. The van der Waals surface area contributed by atoms with E-state index in [0.29, 0.717) is 12.2 Å². The summed E-state index contributed by atoms with van der Waals surface area (Å²) >= 11 is 0. The molecular weight excluding hydrogens is 328 g/mol. The van der Waals surface area contributed by atoms with Crippen LogP contribution in [0.3, 0.4) is 0 Å². The molecule has 26 heavy (non-hydrogen) atoms. The minimum absolute atomic E-state index is 0.625. The number of nitrogens with one attached hydrogen (secondary N) is 1. The van der Waals surface area contributed by atoms with E-state index in [2.05, 4.69) is 25.4 Å². The van der Waals surface area contributed by atoms with Crippen LogP contribution in [-0.2, 0) is 13.6 Å². The molecule has 130 valence electrons. The molecule has 0 unspecified atom stereocenters. The minimum Gasteiger partial charge on any atom is -0.497 e. The van der Waals surface area contributed by atoms with Crippen LogP contribution in [0.2, 0.25) is 0 Å². The van der Waals surface area contributed by atoms with Crippen molar-refractivity contribution >= 4 is 16.9 Å². The van der Waals surface area contributed by atoms with Gasteiger partial charge >= 0.3 is 0 Å². The predicted molar refractivity (Wildman–Crippen MR) is 99.9 cm³/mol. The Labute approximate surface area is 150 Å². The molecule has 3 heterocycles. The summed E-state index contributed by atoms with van der Waals surface area (Å²) in [7, 11) is 3.55. The topological polar surface area (TPSA) is 77.8 Å². The number of benzene rings is 1. The van der Waals surface area contributed by atoms with Gasteiger partial charge in [0.2, 0.25) is 0 Å². The highest BCUT2D eigenvalue weighted by atomic mass is 16.5. The average molecular weight is 346 g/mol. The Kier molecular flexibility index (Phi) is 4.18. The third-order valence-corrected chi connectivity index (χ3v) is 4.12. The first-order chi connectivity index (χ1) is 12.7. The van der Waals surface area contributed by atoms with Crippen molar-refractivity contribution in [3.8, 4) is 16.9 Å². The Morgan fingerprint density at radius 1 is 1.08 bits per heavy atom. The molecule has 1 N–H and O–H groups in total. The molecule has 0 aliphatic heterocycles. The number of pyridine rings is 1. The van der Waals surface area contributed by atoms with Gasteiger partial charge in [0.25, 0.3) is 0 Å². The minimum atomic E-state index is 0.625. The van der Waals surface area contributed by atoms with Gasteiger partial charge in [-0.25, -0.2) is 15.0 Å². The molecule has 0 atom stereocenters. The smallest absolute Gasteiger partial charge is 0.164 e. The molecule has 0 saturated carbocycles. The maximum absolute atomic E-state index is 5.27. The maximum Gasteiger partial charge on any atom is 0.164 e. The summed E-state index contributed by atoms with van der Waals surface area (Å²) in [5, 5.41) is 8.46. The van der Waals surface area contributed by atoms with Crippen molar-refractivity contribution < 1.29 is 4.74 Å². The molecule has 0 bridgehead atoms. The van der Waals surface area contributed by atoms with Crippen LogP contribution in [0.15, 0.2) is 55.2 Å². The van der Waals surface area contributed by atoms with E-state index in [-0.39, 0.29) is 0 Å². The van der Waals surface area contributed by atoms with E-state index in [4.69, 9.17) is 4.74 Å². The van der Waals surface area contributed by atoms with Crippen LogP contribution >= 0.6 is 0 Å². The highest BCUT2D eigenvalue weighted by Gasteiger charge is 2.08. The fourth-order valence-corrected chi connectivity index (χ4v) is 2.78. The largest absolute Gasteiger partial charge is 0.497 e. The van der Waals surface area contributed by atoms with Gasteiger partial charge in [-0.3, -0.25) is 4.68 Å². The van der Waals surface area contributed by atoms with Gasteiger partial charge < -0.3 is 10.1 Å². The number of ether oxygens (including phenoxy) is 1. The van der Waals surface area contributed by atoms with E-state index in [9.17, 15) is 0 Å². The van der Waals surface area contributed by atoms with E-state index in [1.54, 1.807) is 18.0 Å². The van der Waals surface area contributed by atoms with Crippen molar-refractivity contribution in [2.24, 2.45) is 7.05 Å². The molecule has 3 aromatic heterocycles. The van der Waals surface area contributed by atoms with Gasteiger partial charge in [0.1, 0.15) is 17.9 Å². The first-order valence-corrected chi connectivity index (χ1v) is 8.19. The molecule has 0 saturated heterocycles. The summed E-state index contributed by atoms with van der Waals surface area (Å²) in [5.74, 6) is 1.58. The Morgan fingerprint density at radius 2 is 2.00 bits per heavy atom. The van der Waals surface area contributed by atoms with Crippen molar-refractivity contribution in [3.63, 3.8) is 0 Å². The number of rotatable bonds is 5. The quantitative estimate of drug-likeness (QED) is 0.598. The van der Waals surface area contributed by atoms with Gasteiger partial charge in [0, 0.05) is 37.1 Å². The van der Waals surface area contributed by atoms with E-state index in [1.807, 2.05) is 49.8 Å². The molecular formula is C19H18N6O. The number of methoxy groups -OCH3 is 1. The SMILES string of the molecule is COc1cccc(CNc2ncnc3ncc(-c4cnn(C)c4)cc23)c1.